The second kappa shape index (κ2) is 4.58. The Morgan fingerprint density at radius 2 is 2.00 bits per heavy atom. The molecular formula is C15H20ClNO. The van der Waals surface area contributed by atoms with Crippen LogP contribution in [0.4, 0.5) is 0 Å². The van der Waals surface area contributed by atoms with Gasteiger partial charge in [-0.25, -0.2) is 0 Å². The van der Waals surface area contributed by atoms with Crippen LogP contribution in [0.2, 0.25) is 5.02 Å². The van der Waals surface area contributed by atoms with Gasteiger partial charge in [0.2, 0.25) is 5.91 Å². The Bertz CT molecular complexity index is 464. The van der Waals surface area contributed by atoms with Crippen molar-refractivity contribution in [2.45, 2.75) is 51.6 Å². The lowest BCUT2D eigenvalue weighted by atomic mass is 9.92. The zero-order valence-corrected chi connectivity index (χ0v) is 12.2. The molecule has 98 valence electrons. The van der Waals surface area contributed by atoms with Crippen molar-refractivity contribution in [3.63, 3.8) is 0 Å². The summed E-state index contributed by atoms with van der Waals surface area (Å²) in [7, 11) is 0. The van der Waals surface area contributed by atoms with E-state index in [9.17, 15) is 4.79 Å². The quantitative estimate of drug-likeness (QED) is 0.755. The van der Waals surface area contributed by atoms with Crippen LogP contribution < -0.4 is 0 Å². The largest absolute Gasteiger partial charge is 0.335 e. The molecule has 1 aliphatic rings. The van der Waals surface area contributed by atoms with Crippen LogP contribution in [-0.2, 0) is 4.79 Å². The molecule has 0 N–H and O–H groups in total. The van der Waals surface area contributed by atoms with Gasteiger partial charge < -0.3 is 4.90 Å². The van der Waals surface area contributed by atoms with Gasteiger partial charge in [-0.1, -0.05) is 23.7 Å². The number of rotatable bonds is 1. The van der Waals surface area contributed by atoms with Gasteiger partial charge in [0.05, 0.1) is 0 Å². The topological polar surface area (TPSA) is 20.3 Å². The van der Waals surface area contributed by atoms with Gasteiger partial charge in [0.15, 0.2) is 0 Å². The van der Waals surface area contributed by atoms with Gasteiger partial charge in [-0.3, -0.25) is 4.79 Å². The number of benzene rings is 1. The van der Waals surface area contributed by atoms with Gasteiger partial charge >= 0.3 is 0 Å². The number of nitrogens with zero attached hydrogens (tertiary/aromatic N) is 1. The van der Waals surface area contributed by atoms with Crippen molar-refractivity contribution in [2.24, 2.45) is 0 Å². The van der Waals surface area contributed by atoms with E-state index in [-0.39, 0.29) is 23.4 Å². The van der Waals surface area contributed by atoms with Gasteiger partial charge in [-0.2, -0.15) is 0 Å². The van der Waals surface area contributed by atoms with Gasteiger partial charge in [0.1, 0.15) is 0 Å². The molecule has 0 aromatic heterocycles. The monoisotopic (exact) mass is 265 g/mol. The highest BCUT2D eigenvalue weighted by Gasteiger charge is 2.42. The number of likely N-dealkylation sites (tertiary alicyclic amines) is 1. The Morgan fingerprint density at radius 1 is 1.33 bits per heavy atom. The van der Waals surface area contributed by atoms with E-state index in [1.54, 1.807) is 0 Å². The van der Waals surface area contributed by atoms with Crippen molar-refractivity contribution in [3.05, 3.63) is 34.9 Å². The molecule has 0 saturated carbocycles. The Labute approximate surface area is 114 Å². The normalized spacial score (nSPS) is 24.7. The molecule has 0 spiro atoms. The summed E-state index contributed by atoms with van der Waals surface area (Å²) < 4.78 is 0. The second-order valence-corrected chi connectivity index (χ2v) is 6.48. The first-order chi connectivity index (χ1) is 8.30. The highest BCUT2D eigenvalue weighted by Crippen LogP contribution is 2.38. The number of amides is 1. The average Bonchev–Trinajstić information content (AvgIpc) is 2.53. The summed E-state index contributed by atoms with van der Waals surface area (Å²) in [5, 5.41) is 0.737. The molecule has 3 heteroatoms. The van der Waals surface area contributed by atoms with Gasteiger partial charge in [0.25, 0.3) is 0 Å². The molecule has 2 rings (SSSR count). The van der Waals surface area contributed by atoms with Crippen molar-refractivity contribution in [1.82, 2.24) is 4.90 Å². The summed E-state index contributed by atoms with van der Waals surface area (Å²) in [5.41, 5.74) is 1.04. The maximum absolute atomic E-state index is 12.2. The lowest BCUT2D eigenvalue weighted by Gasteiger charge is -2.37. The van der Waals surface area contributed by atoms with E-state index >= 15 is 0 Å². The van der Waals surface area contributed by atoms with E-state index in [4.69, 9.17) is 11.6 Å². The Balaban J connectivity index is 2.31. The van der Waals surface area contributed by atoms with E-state index in [2.05, 4.69) is 33.8 Å². The van der Waals surface area contributed by atoms with Crippen LogP contribution >= 0.6 is 11.6 Å². The summed E-state index contributed by atoms with van der Waals surface area (Å²) in [6, 6.07) is 8.08. The maximum atomic E-state index is 12.2. The standard InChI is InChI=1S/C15H20ClNO/c1-10-13(11-6-5-7-12(16)8-11)9-14(18)17(10)15(2,3)4/h5-8,10,13H,9H2,1-4H3/t10-,13-/m0/s1. The third kappa shape index (κ3) is 2.39. The van der Waals surface area contributed by atoms with E-state index < -0.39 is 0 Å². The lowest BCUT2D eigenvalue weighted by Crippen LogP contribution is -2.46. The van der Waals surface area contributed by atoms with Gasteiger partial charge in [-0.15, -0.1) is 0 Å². The maximum Gasteiger partial charge on any atom is 0.223 e. The van der Waals surface area contributed by atoms with Crippen LogP contribution in [0.15, 0.2) is 24.3 Å². The Hall–Kier alpha value is -1.02. The zero-order chi connectivity index (χ0) is 13.5. The van der Waals surface area contributed by atoms with Crippen LogP contribution in [0.25, 0.3) is 0 Å². The number of halogens is 1. The molecule has 0 bridgehead atoms. The van der Waals surface area contributed by atoms with E-state index in [0.717, 1.165) is 10.6 Å². The number of carbonyl (C=O) groups excluding carboxylic acids is 1. The molecule has 0 aliphatic carbocycles. The molecule has 1 aromatic carbocycles. The van der Waals surface area contributed by atoms with E-state index in [0.29, 0.717) is 6.42 Å². The Kier molecular flexibility index (Phi) is 3.41. The van der Waals surface area contributed by atoms with Crippen molar-refractivity contribution in [3.8, 4) is 0 Å². The summed E-state index contributed by atoms with van der Waals surface area (Å²) in [4.78, 5) is 14.2. The minimum atomic E-state index is -0.121. The highest BCUT2D eigenvalue weighted by atomic mass is 35.5. The van der Waals surface area contributed by atoms with Crippen molar-refractivity contribution >= 4 is 17.5 Å². The highest BCUT2D eigenvalue weighted by molar-refractivity contribution is 6.30. The SMILES string of the molecule is C[C@H]1[C@@H](c2cccc(Cl)c2)CC(=O)N1C(C)(C)C. The molecule has 1 aliphatic heterocycles. The molecule has 2 atom stereocenters. The lowest BCUT2D eigenvalue weighted by molar-refractivity contribution is -0.133. The zero-order valence-electron chi connectivity index (χ0n) is 11.4. The molecule has 1 heterocycles. The fourth-order valence-corrected chi connectivity index (χ4v) is 3.18. The summed E-state index contributed by atoms with van der Waals surface area (Å²) in [6.45, 7) is 8.38. The third-order valence-corrected chi connectivity index (χ3v) is 3.89. The first kappa shape index (κ1) is 13.4. The molecule has 18 heavy (non-hydrogen) atoms. The molecule has 0 unspecified atom stereocenters. The summed E-state index contributed by atoms with van der Waals surface area (Å²) in [5.74, 6) is 0.482. The van der Waals surface area contributed by atoms with Crippen LogP contribution in [0.1, 0.15) is 45.6 Å². The summed E-state index contributed by atoms with van der Waals surface area (Å²) in [6.07, 6.45) is 0.582. The van der Waals surface area contributed by atoms with Crippen molar-refractivity contribution in [2.75, 3.05) is 0 Å². The summed E-state index contributed by atoms with van der Waals surface area (Å²) >= 11 is 6.04. The fraction of sp³-hybridized carbons (Fsp3) is 0.533. The van der Waals surface area contributed by atoms with Crippen LogP contribution in [-0.4, -0.2) is 22.4 Å². The first-order valence-electron chi connectivity index (χ1n) is 6.38. The van der Waals surface area contributed by atoms with Gasteiger partial charge in [0, 0.05) is 28.9 Å². The molecule has 1 aromatic rings. The number of carbonyl (C=O) groups is 1. The van der Waals surface area contributed by atoms with Crippen LogP contribution in [0.3, 0.4) is 0 Å². The molecule has 1 saturated heterocycles. The first-order valence-corrected chi connectivity index (χ1v) is 6.76. The van der Waals surface area contributed by atoms with Crippen molar-refractivity contribution < 1.29 is 4.79 Å². The minimum absolute atomic E-state index is 0.121. The number of hydrogen-bond acceptors (Lipinski definition) is 1. The minimum Gasteiger partial charge on any atom is -0.335 e. The second-order valence-electron chi connectivity index (χ2n) is 6.04. The Morgan fingerprint density at radius 3 is 2.50 bits per heavy atom. The van der Waals surface area contributed by atoms with Crippen molar-refractivity contribution in [1.29, 1.82) is 0 Å². The molecule has 1 amide bonds. The van der Waals surface area contributed by atoms with Crippen LogP contribution in [0, 0.1) is 0 Å². The molecule has 2 nitrogen and oxygen atoms in total. The average molecular weight is 266 g/mol. The van der Waals surface area contributed by atoms with Crippen LogP contribution in [0.5, 0.6) is 0 Å². The van der Waals surface area contributed by atoms with E-state index in [1.165, 1.54) is 0 Å². The predicted molar refractivity (Wildman–Crippen MR) is 74.9 cm³/mol. The fourth-order valence-electron chi connectivity index (χ4n) is 2.98. The molecule has 1 fully saturated rings. The molecule has 0 radical (unpaired) electrons. The number of hydrogen-bond donors (Lipinski definition) is 0. The van der Waals surface area contributed by atoms with E-state index in [1.807, 2.05) is 23.1 Å². The molecular weight excluding hydrogens is 246 g/mol. The predicted octanol–water partition coefficient (Wildman–Crippen LogP) is 3.84. The third-order valence-electron chi connectivity index (χ3n) is 3.65. The smallest absolute Gasteiger partial charge is 0.223 e. The van der Waals surface area contributed by atoms with Gasteiger partial charge in [-0.05, 0) is 45.4 Å².